The van der Waals surface area contributed by atoms with Crippen LogP contribution in [0.3, 0.4) is 0 Å². The van der Waals surface area contributed by atoms with Gasteiger partial charge in [-0.05, 0) is 12.1 Å². The molecular weight excluding hydrogens is 286 g/mol. The van der Waals surface area contributed by atoms with Crippen LogP contribution >= 0.6 is 0 Å². The molecule has 0 saturated carbocycles. The van der Waals surface area contributed by atoms with E-state index in [0.717, 1.165) is 0 Å². The Kier molecular flexibility index (Phi) is 4.81. The van der Waals surface area contributed by atoms with E-state index in [-0.39, 0.29) is 11.5 Å². The number of aliphatic imine (C=N–C) groups is 1. The maximum atomic E-state index is 11.0. The third-order valence-electron chi connectivity index (χ3n) is 2.62. The average Bonchev–Trinajstić information content (AvgIpc) is 2.52. The summed E-state index contributed by atoms with van der Waals surface area (Å²) in [6.07, 6.45) is 0. The van der Waals surface area contributed by atoms with Gasteiger partial charge in [0.1, 0.15) is 0 Å². The van der Waals surface area contributed by atoms with E-state index >= 15 is 0 Å². The molecule has 0 amide bonds. The number of hydrogen-bond donors (Lipinski definition) is 1. The number of nitro groups is 1. The molecule has 112 valence electrons. The zero-order valence-electron chi connectivity index (χ0n) is 11.7. The molecule has 0 spiro atoms. The molecule has 0 aromatic heterocycles. The van der Waals surface area contributed by atoms with Gasteiger partial charge in [0.2, 0.25) is 0 Å². The summed E-state index contributed by atoms with van der Waals surface area (Å²) in [7, 11) is 0. The fourth-order valence-corrected chi connectivity index (χ4v) is 1.66. The van der Waals surface area contributed by atoms with Crippen molar-refractivity contribution in [3.8, 4) is 0 Å². The summed E-state index contributed by atoms with van der Waals surface area (Å²) in [4.78, 5) is 30.4. The predicted octanol–water partition coefficient (Wildman–Crippen LogP) is 2.74. The van der Waals surface area contributed by atoms with Gasteiger partial charge in [-0.3, -0.25) is 14.9 Å². The Morgan fingerprint density at radius 2 is 1.91 bits per heavy atom. The van der Waals surface area contributed by atoms with Gasteiger partial charge in [-0.2, -0.15) is 5.48 Å². The molecule has 2 rings (SSSR count). The van der Waals surface area contributed by atoms with Crippen LogP contribution in [-0.4, -0.2) is 16.7 Å². The molecule has 0 fully saturated rings. The Bertz CT molecular complexity index is 714. The summed E-state index contributed by atoms with van der Waals surface area (Å²) in [6.45, 7) is 1.24. The highest BCUT2D eigenvalue weighted by Crippen LogP contribution is 2.16. The third kappa shape index (κ3) is 4.14. The maximum absolute atomic E-state index is 11.0. The minimum atomic E-state index is -0.550. The Labute approximate surface area is 126 Å². The van der Waals surface area contributed by atoms with E-state index < -0.39 is 10.9 Å². The number of hydrogen-bond acceptors (Lipinski definition) is 5. The topological polar surface area (TPSA) is 93.8 Å². The van der Waals surface area contributed by atoms with Gasteiger partial charge in [0, 0.05) is 24.6 Å². The molecule has 0 heterocycles. The Balaban J connectivity index is 2.39. The van der Waals surface area contributed by atoms with Crippen molar-refractivity contribution in [3.63, 3.8) is 0 Å². The molecule has 0 aliphatic rings. The first-order chi connectivity index (χ1) is 10.6. The minimum Gasteiger partial charge on any atom is -0.342 e. The van der Waals surface area contributed by atoms with E-state index in [1.54, 1.807) is 30.3 Å². The number of carbonyl (C=O) groups is 1. The van der Waals surface area contributed by atoms with Crippen LogP contribution in [0.2, 0.25) is 0 Å². The number of hydroxylamine groups is 1. The fourth-order valence-electron chi connectivity index (χ4n) is 1.66. The number of carbonyl (C=O) groups excluding carboxylic acids is 1. The Morgan fingerprint density at radius 3 is 2.55 bits per heavy atom. The highest BCUT2D eigenvalue weighted by atomic mass is 16.7. The average molecular weight is 299 g/mol. The molecule has 0 saturated heterocycles. The number of benzene rings is 2. The van der Waals surface area contributed by atoms with Gasteiger partial charge in [-0.25, -0.2) is 4.99 Å². The molecule has 0 aliphatic heterocycles. The number of nitrogens with one attached hydrogen (secondary N) is 1. The molecule has 1 N–H and O–H groups in total. The lowest BCUT2D eigenvalue weighted by Gasteiger charge is -2.09. The first-order valence-corrected chi connectivity index (χ1v) is 6.38. The standard InChI is InChI=1S/C15H13N3O4/c1-11(19)22-17-15(16-13-7-3-2-4-8-13)12-6-5-9-14(10-12)18(20)21/h2-10H,1H3,(H,16,17). The SMILES string of the molecule is CC(=O)ONC(=Nc1ccccc1)c1cccc([N+](=O)[O-])c1. The number of nitrogens with zero attached hydrogens (tertiary/aromatic N) is 2. The van der Waals surface area contributed by atoms with Crippen molar-refractivity contribution in [2.45, 2.75) is 6.92 Å². The second-order valence-electron chi connectivity index (χ2n) is 4.30. The Morgan fingerprint density at radius 1 is 1.18 bits per heavy atom. The van der Waals surface area contributed by atoms with Gasteiger partial charge in [0.25, 0.3) is 5.69 Å². The van der Waals surface area contributed by atoms with Crippen molar-refractivity contribution in [2.75, 3.05) is 0 Å². The fraction of sp³-hybridized carbons (Fsp3) is 0.0667. The summed E-state index contributed by atoms with van der Waals surface area (Å²) in [6, 6.07) is 14.8. The first kappa shape index (κ1) is 15.2. The van der Waals surface area contributed by atoms with E-state index in [1.165, 1.54) is 25.1 Å². The van der Waals surface area contributed by atoms with Gasteiger partial charge >= 0.3 is 5.97 Å². The molecular formula is C15H13N3O4. The van der Waals surface area contributed by atoms with Crippen molar-refractivity contribution < 1.29 is 14.6 Å². The lowest BCUT2D eigenvalue weighted by Crippen LogP contribution is -2.26. The second-order valence-corrected chi connectivity index (χ2v) is 4.30. The van der Waals surface area contributed by atoms with Crippen LogP contribution in [0.5, 0.6) is 0 Å². The van der Waals surface area contributed by atoms with Crippen LogP contribution in [0.15, 0.2) is 59.6 Å². The summed E-state index contributed by atoms with van der Waals surface area (Å²) in [5.74, 6) is -0.351. The van der Waals surface area contributed by atoms with E-state index in [1.807, 2.05) is 6.07 Å². The van der Waals surface area contributed by atoms with Crippen molar-refractivity contribution in [2.24, 2.45) is 4.99 Å². The largest absolute Gasteiger partial charge is 0.342 e. The molecule has 22 heavy (non-hydrogen) atoms. The quantitative estimate of drug-likeness (QED) is 0.407. The molecule has 0 radical (unpaired) electrons. The van der Waals surface area contributed by atoms with Crippen molar-refractivity contribution in [3.05, 3.63) is 70.3 Å². The van der Waals surface area contributed by atoms with Gasteiger partial charge in [0.05, 0.1) is 10.6 Å². The summed E-state index contributed by atoms with van der Waals surface area (Å²) >= 11 is 0. The van der Waals surface area contributed by atoms with Gasteiger partial charge < -0.3 is 4.84 Å². The summed E-state index contributed by atoms with van der Waals surface area (Å²) < 4.78 is 0. The van der Waals surface area contributed by atoms with Crippen LogP contribution in [0, 0.1) is 10.1 Å². The van der Waals surface area contributed by atoms with Crippen LogP contribution in [-0.2, 0) is 9.63 Å². The number of rotatable bonds is 3. The molecule has 0 aliphatic carbocycles. The molecule has 0 bridgehead atoms. The molecule has 2 aromatic rings. The third-order valence-corrected chi connectivity index (χ3v) is 2.62. The van der Waals surface area contributed by atoms with E-state index in [0.29, 0.717) is 11.3 Å². The maximum Gasteiger partial charge on any atom is 0.329 e. The molecule has 0 unspecified atom stereocenters. The lowest BCUT2D eigenvalue weighted by atomic mass is 10.2. The molecule has 7 heteroatoms. The van der Waals surface area contributed by atoms with Crippen molar-refractivity contribution in [1.82, 2.24) is 5.48 Å². The van der Waals surface area contributed by atoms with Gasteiger partial charge in [-0.1, -0.05) is 30.3 Å². The van der Waals surface area contributed by atoms with Crippen molar-refractivity contribution in [1.29, 1.82) is 0 Å². The summed E-state index contributed by atoms with van der Waals surface area (Å²) in [5, 5.41) is 10.9. The normalized spacial score (nSPS) is 10.9. The van der Waals surface area contributed by atoms with E-state index in [2.05, 4.69) is 10.5 Å². The van der Waals surface area contributed by atoms with Crippen LogP contribution < -0.4 is 5.48 Å². The second kappa shape index (κ2) is 6.98. The van der Waals surface area contributed by atoms with E-state index in [4.69, 9.17) is 4.84 Å². The minimum absolute atomic E-state index is 0.0807. The molecule has 2 aromatic carbocycles. The zero-order valence-corrected chi connectivity index (χ0v) is 11.7. The highest BCUT2D eigenvalue weighted by molar-refractivity contribution is 6.00. The first-order valence-electron chi connectivity index (χ1n) is 6.38. The van der Waals surface area contributed by atoms with Crippen LogP contribution in [0.4, 0.5) is 11.4 Å². The number of amidine groups is 1. The number of nitro benzene ring substituents is 1. The number of para-hydroxylation sites is 1. The summed E-state index contributed by atoms with van der Waals surface area (Å²) in [5.41, 5.74) is 3.39. The molecule has 7 nitrogen and oxygen atoms in total. The Hall–Kier alpha value is -3.22. The smallest absolute Gasteiger partial charge is 0.329 e. The zero-order chi connectivity index (χ0) is 15.9. The van der Waals surface area contributed by atoms with Crippen molar-refractivity contribution >= 4 is 23.2 Å². The monoisotopic (exact) mass is 299 g/mol. The van der Waals surface area contributed by atoms with Gasteiger partial charge in [-0.15, -0.1) is 0 Å². The highest BCUT2D eigenvalue weighted by Gasteiger charge is 2.11. The van der Waals surface area contributed by atoms with Crippen LogP contribution in [0.25, 0.3) is 0 Å². The lowest BCUT2D eigenvalue weighted by molar-refractivity contribution is -0.384. The number of non-ortho nitro benzene ring substituents is 1. The van der Waals surface area contributed by atoms with Gasteiger partial charge in [0.15, 0.2) is 5.84 Å². The molecule has 0 atom stereocenters. The van der Waals surface area contributed by atoms with Crippen LogP contribution in [0.1, 0.15) is 12.5 Å². The predicted molar refractivity (Wildman–Crippen MR) is 80.6 cm³/mol. The van der Waals surface area contributed by atoms with E-state index in [9.17, 15) is 14.9 Å².